The molecule has 0 fully saturated rings. The van der Waals surface area contributed by atoms with Crippen molar-refractivity contribution in [1.82, 2.24) is 0 Å². The van der Waals surface area contributed by atoms with Gasteiger partial charge in [0.15, 0.2) is 0 Å². The summed E-state index contributed by atoms with van der Waals surface area (Å²) in [6, 6.07) is 17.0. The lowest BCUT2D eigenvalue weighted by molar-refractivity contribution is 0.277. The molecule has 3 heteroatoms. The van der Waals surface area contributed by atoms with E-state index in [0.717, 1.165) is 11.1 Å². The Labute approximate surface area is 115 Å². The number of aliphatic hydroxyl groups is 1. The fourth-order valence-corrected chi connectivity index (χ4v) is 2.75. The van der Waals surface area contributed by atoms with Crippen LogP contribution in [0, 0.1) is 0 Å². The minimum atomic E-state index is -0.470. The number of phenols is 1. The number of rotatable bonds is 4. The maximum absolute atomic E-state index is 9.61. The zero-order valence-corrected chi connectivity index (χ0v) is 11.5. The van der Waals surface area contributed by atoms with Gasteiger partial charge in [0.05, 0.1) is 4.32 Å². The van der Waals surface area contributed by atoms with Crippen LogP contribution in [0.1, 0.15) is 17.5 Å². The molecule has 1 atom stereocenters. The number of phenolic OH excluding ortho intramolecular Hbond substituents is 1. The highest BCUT2D eigenvalue weighted by Crippen LogP contribution is 2.42. The SMILES string of the molecule is OCCC(Br)(c1ccccc1)c1cccc(O)c1. The van der Waals surface area contributed by atoms with Crippen molar-refractivity contribution in [2.45, 2.75) is 10.7 Å². The molecule has 2 nitrogen and oxygen atoms in total. The summed E-state index contributed by atoms with van der Waals surface area (Å²) in [7, 11) is 0. The third kappa shape index (κ3) is 2.57. The van der Waals surface area contributed by atoms with Crippen LogP contribution in [0.25, 0.3) is 0 Å². The van der Waals surface area contributed by atoms with Crippen LogP contribution in [-0.2, 0) is 4.32 Å². The Kier molecular flexibility index (Phi) is 4.04. The van der Waals surface area contributed by atoms with Crippen LogP contribution in [0.4, 0.5) is 0 Å². The predicted molar refractivity (Wildman–Crippen MR) is 76.0 cm³/mol. The Morgan fingerprint density at radius 3 is 2.22 bits per heavy atom. The van der Waals surface area contributed by atoms with Gasteiger partial charge in [-0.2, -0.15) is 0 Å². The highest BCUT2D eigenvalue weighted by molar-refractivity contribution is 9.09. The minimum Gasteiger partial charge on any atom is -0.508 e. The monoisotopic (exact) mass is 306 g/mol. The van der Waals surface area contributed by atoms with Gasteiger partial charge in [0, 0.05) is 6.61 Å². The highest BCUT2D eigenvalue weighted by atomic mass is 79.9. The molecule has 0 heterocycles. The van der Waals surface area contributed by atoms with Gasteiger partial charge in [0.1, 0.15) is 5.75 Å². The summed E-state index contributed by atoms with van der Waals surface area (Å²) in [5.41, 5.74) is 1.99. The summed E-state index contributed by atoms with van der Waals surface area (Å²) >= 11 is 3.72. The van der Waals surface area contributed by atoms with Gasteiger partial charge in [-0.1, -0.05) is 58.4 Å². The number of alkyl halides is 1. The molecule has 0 amide bonds. The van der Waals surface area contributed by atoms with Crippen molar-refractivity contribution in [1.29, 1.82) is 0 Å². The van der Waals surface area contributed by atoms with Gasteiger partial charge in [-0.3, -0.25) is 0 Å². The van der Waals surface area contributed by atoms with Crippen LogP contribution >= 0.6 is 15.9 Å². The van der Waals surface area contributed by atoms with E-state index in [1.807, 2.05) is 36.4 Å². The van der Waals surface area contributed by atoms with Gasteiger partial charge in [-0.25, -0.2) is 0 Å². The zero-order chi connectivity index (χ0) is 13.0. The average molecular weight is 307 g/mol. The molecule has 18 heavy (non-hydrogen) atoms. The summed E-state index contributed by atoms with van der Waals surface area (Å²) in [5, 5.41) is 18.9. The minimum absolute atomic E-state index is 0.0653. The van der Waals surface area contributed by atoms with Crippen LogP contribution in [0.2, 0.25) is 0 Å². The molecule has 0 aliphatic heterocycles. The van der Waals surface area contributed by atoms with Crippen molar-refractivity contribution in [2.24, 2.45) is 0 Å². The van der Waals surface area contributed by atoms with E-state index in [9.17, 15) is 10.2 Å². The largest absolute Gasteiger partial charge is 0.508 e. The van der Waals surface area contributed by atoms with Crippen LogP contribution in [0.5, 0.6) is 5.75 Å². The second-order valence-corrected chi connectivity index (χ2v) is 5.54. The fourth-order valence-electron chi connectivity index (χ4n) is 2.06. The maximum Gasteiger partial charge on any atom is 0.115 e. The fraction of sp³-hybridized carbons (Fsp3) is 0.200. The number of aromatic hydroxyl groups is 1. The molecule has 2 rings (SSSR count). The van der Waals surface area contributed by atoms with Crippen molar-refractivity contribution in [3.8, 4) is 5.75 Å². The average Bonchev–Trinajstić information content (AvgIpc) is 2.40. The topological polar surface area (TPSA) is 40.5 Å². The Balaban J connectivity index is 2.50. The van der Waals surface area contributed by atoms with Gasteiger partial charge < -0.3 is 10.2 Å². The summed E-state index contributed by atoms with van der Waals surface area (Å²) in [6.07, 6.45) is 0.542. The number of hydrogen-bond acceptors (Lipinski definition) is 2. The standard InChI is InChI=1S/C15H15BrO2/c16-15(9-10-17,12-5-2-1-3-6-12)13-7-4-8-14(18)11-13/h1-8,11,17-18H,9-10H2. The van der Waals surface area contributed by atoms with Crippen LogP contribution in [0.15, 0.2) is 54.6 Å². The number of hydrogen-bond donors (Lipinski definition) is 2. The first-order valence-corrected chi connectivity index (χ1v) is 6.61. The molecule has 1 unspecified atom stereocenters. The third-order valence-electron chi connectivity index (χ3n) is 2.99. The second kappa shape index (κ2) is 5.55. The normalized spacial score (nSPS) is 14.1. The van der Waals surface area contributed by atoms with Crippen molar-refractivity contribution < 1.29 is 10.2 Å². The Bertz CT molecular complexity index is 513. The summed E-state index contributed by atoms with van der Waals surface area (Å²) in [5.74, 6) is 0.227. The van der Waals surface area contributed by atoms with Crippen molar-refractivity contribution in [3.63, 3.8) is 0 Å². The Hall–Kier alpha value is -1.32. The van der Waals surface area contributed by atoms with E-state index in [0.29, 0.717) is 6.42 Å². The first kappa shape index (κ1) is 13.1. The molecule has 0 aliphatic rings. The van der Waals surface area contributed by atoms with Crippen LogP contribution in [-0.4, -0.2) is 16.8 Å². The summed E-state index contributed by atoms with van der Waals surface area (Å²) in [4.78, 5) is 0. The number of aliphatic hydroxyl groups excluding tert-OH is 1. The molecule has 2 aromatic rings. The third-order valence-corrected chi connectivity index (χ3v) is 4.30. The quantitative estimate of drug-likeness (QED) is 0.850. The molecular weight excluding hydrogens is 292 g/mol. The first-order chi connectivity index (χ1) is 8.66. The van der Waals surface area contributed by atoms with Crippen LogP contribution in [0.3, 0.4) is 0 Å². The molecule has 0 saturated carbocycles. The predicted octanol–water partition coefficient (Wildman–Crippen LogP) is 3.41. The number of halogens is 1. The molecular formula is C15H15BrO2. The van der Waals surface area contributed by atoms with Gasteiger partial charge in [0.2, 0.25) is 0 Å². The second-order valence-electron chi connectivity index (χ2n) is 4.19. The van der Waals surface area contributed by atoms with Crippen molar-refractivity contribution in [3.05, 3.63) is 65.7 Å². The molecule has 0 aliphatic carbocycles. The molecule has 0 bridgehead atoms. The lowest BCUT2D eigenvalue weighted by atomic mass is 9.88. The van der Waals surface area contributed by atoms with E-state index in [2.05, 4.69) is 15.9 Å². The highest BCUT2D eigenvalue weighted by Gasteiger charge is 2.30. The van der Waals surface area contributed by atoms with Gasteiger partial charge in [0.25, 0.3) is 0 Å². The lowest BCUT2D eigenvalue weighted by Crippen LogP contribution is -2.21. The van der Waals surface area contributed by atoms with Gasteiger partial charge >= 0.3 is 0 Å². The van der Waals surface area contributed by atoms with Crippen LogP contribution < -0.4 is 0 Å². The van der Waals surface area contributed by atoms with Crippen molar-refractivity contribution >= 4 is 15.9 Å². The maximum atomic E-state index is 9.61. The van der Waals surface area contributed by atoms with Gasteiger partial charge in [-0.05, 0) is 29.7 Å². The molecule has 0 saturated heterocycles. The van der Waals surface area contributed by atoms with E-state index in [-0.39, 0.29) is 12.4 Å². The Morgan fingerprint density at radius 2 is 1.61 bits per heavy atom. The first-order valence-electron chi connectivity index (χ1n) is 5.81. The summed E-state index contributed by atoms with van der Waals surface area (Å²) < 4.78 is -0.470. The van der Waals surface area contributed by atoms with E-state index in [4.69, 9.17) is 0 Å². The van der Waals surface area contributed by atoms with E-state index in [1.165, 1.54) is 0 Å². The van der Waals surface area contributed by atoms with Crippen molar-refractivity contribution in [2.75, 3.05) is 6.61 Å². The van der Waals surface area contributed by atoms with E-state index in [1.54, 1.807) is 18.2 Å². The van der Waals surface area contributed by atoms with E-state index >= 15 is 0 Å². The molecule has 0 radical (unpaired) electrons. The molecule has 94 valence electrons. The molecule has 0 aromatic heterocycles. The molecule has 2 N–H and O–H groups in total. The van der Waals surface area contributed by atoms with E-state index < -0.39 is 4.32 Å². The smallest absolute Gasteiger partial charge is 0.115 e. The molecule has 0 spiro atoms. The summed E-state index contributed by atoms with van der Waals surface area (Å²) in [6.45, 7) is 0.0653. The zero-order valence-electron chi connectivity index (χ0n) is 9.88. The lowest BCUT2D eigenvalue weighted by Gasteiger charge is -2.28. The Morgan fingerprint density at radius 1 is 0.944 bits per heavy atom. The van der Waals surface area contributed by atoms with Gasteiger partial charge in [-0.15, -0.1) is 0 Å². The number of benzene rings is 2. The molecule has 2 aromatic carbocycles.